The van der Waals surface area contributed by atoms with Gasteiger partial charge in [-0.25, -0.2) is 0 Å². The van der Waals surface area contributed by atoms with E-state index < -0.39 is 0 Å². The van der Waals surface area contributed by atoms with Gasteiger partial charge >= 0.3 is 29.6 Å². The molecule has 1 N–H and O–H groups in total. The molecule has 0 aliphatic rings. The third-order valence-electron chi connectivity index (χ3n) is 0.733. The van der Waals surface area contributed by atoms with E-state index >= 15 is 0 Å². The van der Waals surface area contributed by atoms with Crippen LogP contribution in [0.3, 0.4) is 0 Å². The van der Waals surface area contributed by atoms with Crippen molar-refractivity contribution in [3.63, 3.8) is 0 Å². The molecular formula is C4H2IN2NaOS. The molecule has 0 fully saturated rings. The van der Waals surface area contributed by atoms with Crippen LogP contribution in [0.15, 0.2) is 11.0 Å². The third-order valence-corrected chi connectivity index (χ3v) is 1.71. The van der Waals surface area contributed by atoms with E-state index in [-0.39, 0.29) is 39.9 Å². The molecule has 0 radical (unpaired) electrons. The average Bonchev–Trinajstić information content (AvgIpc) is 1.80. The van der Waals surface area contributed by atoms with Crippen molar-refractivity contribution in [2.75, 3.05) is 0 Å². The molecule has 48 valence electrons. The van der Waals surface area contributed by atoms with Gasteiger partial charge in [-0.15, -0.1) is 0 Å². The van der Waals surface area contributed by atoms with Gasteiger partial charge < -0.3 is 9.97 Å². The number of aromatic nitrogens is 2. The van der Waals surface area contributed by atoms with Crippen LogP contribution >= 0.6 is 34.8 Å². The van der Waals surface area contributed by atoms with E-state index in [0.717, 1.165) is 0 Å². The van der Waals surface area contributed by atoms with Crippen LogP contribution in [-0.2, 0) is 0 Å². The number of hydrogen-bond donors (Lipinski definition) is 1. The van der Waals surface area contributed by atoms with Crippen molar-refractivity contribution >= 4 is 34.8 Å². The van der Waals surface area contributed by atoms with Crippen molar-refractivity contribution in [1.82, 2.24) is 9.97 Å². The number of aromatic amines is 1. The summed E-state index contributed by atoms with van der Waals surface area (Å²) in [7, 11) is 0. The van der Waals surface area contributed by atoms with Crippen LogP contribution in [0.4, 0.5) is 0 Å². The Morgan fingerprint density at radius 3 is 2.70 bits per heavy atom. The summed E-state index contributed by atoms with van der Waals surface area (Å²) >= 11 is 6.48. The fourth-order valence-electron chi connectivity index (χ4n) is 0.363. The molecule has 3 nitrogen and oxygen atoms in total. The molecule has 10 heavy (non-hydrogen) atoms. The molecule has 1 aromatic heterocycles. The molecule has 6 heteroatoms. The SMILES string of the molecule is O=c1[nH]c(=S)[n-]cc1I.[Na+]. The van der Waals surface area contributed by atoms with Crippen molar-refractivity contribution in [3.8, 4) is 0 Å². The van der Waals surface area contributed by atoms with Gasteiger partial charge in [0.1, 0.15) is 0 Å². The second kappa shape index (κ2) is 4.66. The standard InChI is InChI=1S/C4H3IN2OS.Na/c5-2-1-6-4(9)7-3(2)8;/h1H,(H2,6,7,8,9);/q;+1/p-1. The molecule has 0 amide bonds. The Morgan fingerprint density at radius 1 is 1.70 bits per heavy atom. The van der Waals surface area contributed by atoms with Gasteiger partial charge in [-0.05, 0) is 22.6 Å². The van der Waals surface area contributed by atoms with Crippen LogP contribution in [0, 0.1) is 8.34 Å². The molecule has 0 aliphatic carbocycles. The van der Waals surface area contributed by atoms with E-state index in [9.17, 15) is 4.79 Å². The first-order valence-electron chi connectivity index (χ1n) is 2.12. The van der Waals surface area contributed by atoms with Crippen LogP contribution in [0.1, 0.15) is 0 Å². The molecule has 0 saturated heterocycles. The zero-order valence-electron chi connectivity index (χ0n) is 5.22. The Labute approximate surface area is 98.1 Å². The first-order valence-corrected chi connectivity index (χ1v) is 3.60. The van der Waals surface area contributed by atoms with Gasteiger partial charge in [0.05, 0.1) is 3.57 Å². The number of halogens is 1. The first kappa shape index (κ1) is 10.8. The monoisotopic (exact) mass is 276 g/mol. The minimum absolute atomic E-state index is 0. The summed E-state index contributed by atoms with van der Waals surface area (Å²) in [6, 6.07) is 0. The normalized spacial score (nSPS) is 8.50. The Hall–Kier alpha value is 0.830. The van der Waals surface area contributed by atoms with E-state index in [1.54, 1.807) is 0 Å². The number of rotatable bonds is 0. The minimum Gasteiger partial charge on any atom is -0.432 e. The maximum absolute atomic E-state index is 10.7. The zero-order chi connectivity index (χ0) is 6.85. The van der Waals surface area contributed by atoms with Gasteiger partial charge in [0, 0.05) is 4.77 Å². The van der Waals surface area contributed by atoms with E-state index in [2.05, 4.69) is 22.2 Å². The van der Waals surface area contributed by atoms with Gasteiger partial charge in [0.25, 0.3) is 0 Å². The predicted molar refractivity (Wildman–Crippen MR) is 43.9 cm³/mol. The Balaban J connectivity index is 0.000000810. The zero-order valence-corrected chi connectivity index (χ0v) is 10.2. The summed E-state index contributed by atoms with van der Waals surface area (Å²) in [5.74, 6) is 0. The van der Waals surface area contributed by atoms with Gasteiger partial charge in [0.15, 0.2) is 5.56 Å². The Morgan fingerprint density at radius 2 is 2.30 bits per heavy atom. The summed E-state index contributed by atoms with van der Waals surface area (Å²) in [6.07, 6.45) is 1.45. The fourth-order valence-corrected chi connectivity index (χ4v) is 0.783. The maximum Gasteiger partial charge on any atom is 1.00 e. The topological polar surface area (TPSA) is 47.0 Å². The van der Waals surface area contributed by atoms with Crippen LogP contribution in [0.5, 0.6) is 0 Å². The van der Waals surface area contributed by atoms with Crippen molar-refractivity contribution in [2.45, 2.75) is 0 Å². The second-order valence-electron chi connectivity index (χ2n) is 1.37. The van der Waals surface area contributed by atoms with Crippen molar-refractivity contribution in [2.24, 2.45) is 0 Å². The quantitative estimate of drug-likeness (QED) is 0.328. The summed E-state index contributed by atoms with van der Waals surface area (Å²) in [6.45, 7) is 0. The van der Waals surface area contributed by atoms with E-state index in [0.29, 0.717) is 3.57 Å². The van der Waals surface area contributed by atoms with Crippen LogP contribution in [0.2, 0.25) is 0 Å². The largest absolute Gasteiger partial charge is 1.00 e. The minimum atomic E-state index is -0.171. The molecule has 1 aromatic rings. The Bertz CT molecular complexity index is 320. The molecule has 0 saturated carbocycles. The molecular weight excluding hydrogens is 274 g/mol. The molecule has 0 spiro atoms. The fraction of sp³-hybridized carbons (Fsp3) is 0. The van der Waals surface area contributed by atoms with Gasteiger partial charge in [-0.2, -0.15) is 0 Å². The van der Waals surface area contributed by atoms with Gasteiger partial charge in [-0.3, -0.25) is 4.79 Å². The summed E-state index contributed by atoms with van der Waals surface area (Å²) in [4.78, 5) is 16.7. The molecule has 0 bridgehead atoms. The molecule has 0 unspecified atom stereocenters. The number of nitrogens with one attached hydrogen (secondary N) is 1. The number of hydrogen-bond acceptors (Lipinski definition) is 2. The average molecular weight is 276 g/mol. The van der Waals surface area contributed by atoms with Gasteiger partial charge in [0.2, 0.25) is 0 Å². The van der Waals surface area contributed by atoms with E-state index in [4.69, 9.17) is 0 Å². The summed E-state index contributed by atoms with van der Waals surface area (Å²) in [5.41, 5.74) is -0.171. The van der Waals surface area contributed by atoms with Crippen molar-refractivity contribution in [3.05, 3.63) is 24.9 Å². The first-order chi connectivity index (χ1) is 4.20. The summed E-state index contributed by atoms with van der Waals surface area (Å²) < 4.78 is 0.793. The molecule has 0 aromatic carbocycles. The smallest absolute Gasteiger partial charge is 0.432 e. The molecule has 1 heterocycles. The second-order valence-corrected chi connectivity index (χ2v) is 2.91. The van der Waals surface area contributed by atoms with Crippen molar-refractivity contribution < 1.29 is 29.6 Å². The predicted octanol–water partition coefficient (Wildman–Crippen LogP) is -2.33. The van der Waals surface area contributed by atoms with E-state index in [1.807, 2.05) is 22.6 Å². The summed E-state index contributed by atoms with van der Waals surface area (Å²) in [5, 5.41) is 0. The molecule has 1 rings (SSSR count). The molecule has 0 atom stereocenters. The maximum atomic E-state index is 10.7. The third kappa shape index (κ3) is 2.83. The van der Waals surface area contributed by atoms with Crippen LogP contribution < -0.4 is 40.1 Å². The number of nitrogens with zero attached hydrogens (tertiary/aromatic N) is 1. The van der Waals surface area contributed by atoms with Gasteiger partial charge in [-0.1, -0.05) is 18.4 Å². The molecule has 0 aliphatic heterocycles. The van der Waals surface area contributed by atoms with Crippen LogP contribution in [-0.4, -0.2) is 4.98 Å². The number of H-pyrrole nitrogens is 1. The van der Waals surface area contributed by atoms with E-state index in [1.165, 1.54) is 6.20 Å². The van der Waals surface area contributed by atoms with Crippen molar-refractivity contribution in [1.29, 1.82) is 0 Å². The Kier molecular flexibility index (Phi) is 5.04. The van der Waals surface area contributed by atoms with Crippen LogP contribution in [0.25, 0.3) is 0 Å².